The molecule has 0 atom stereocenters. The first kappa shape index (κ1) is 19.1. The van der Waals surface area contributed by atoms with E-state index in [2.05, 4.69) is 10.6 Å². The van der Waals surface area contributed by atoms with Gasteiger partial charge in [-0.15, -0.1) is 0 Å². The lowest BCUT2D eigenvalue weighted by Crippen LogP contribution is -2.20. The van der Waals surface area contributed by atoms with Gasteiger partial charge in [-0.05, 0) is 42.5 Å². The van der Waals surface area contributed by atoms with Gasteiger partial charge in [0, 0.05) is 16.5 Å². The standard InChI is InChI=1S/C18H11Cl2F3N2O2/c19-14-8-15(20)16(13-7-11(26)4-5-12(13)14)25-17(27)24-10-3-1-2-9(6-10)18(21,22)23/h1-8,26H,(H2,24,25,27). The van der Waals surface area contributed by atoms with Gasteiger partial charge in [-0.2, -0.15) is 13.2 Å². The van der Waals surface area contributed by atoms with Crippen molar-refractivity contribution >= 4 is 51.4 Å². The van der Waals surface area contributed by atoms with Crippen LogP contribution in [0.1, 0.15) is 5.56 Å². The summed E-state index contributed by atoms with van der Waals surface area (Å²) in [4.78, 5) is 12.3. The Morgan fingerprint density at radius 2 is 1.67 bits per heavy atom. The van der Waals surface area contributed by atoms with Crippen LogP contribution < -0.4 is 10.6 Å². The Morgan fingerprint density at radius 1 is 0.926 bits per heavy atom. The first-order valence-corrected chi connectivity index (χ1v) is 8.27. The smallest absolute Gasteiger partial charge is 0.416 e. The van der Waals surface area contributed by atoms with Crippen LogP contribution in [0.3, 0.4) is 0 Å². The zero-order chi connectivity index (χ0) is 19.8. The summed E-state index contributed by atoms with van der Waals surface area (Å²) in [5, 5.41) is 15.8. The number of anilines is 2. The second kappa shape index (κ2) is 7.17. The van der Waals surface area contributed by atoms with Crippen molar-refractivity contribution in [1.29, 1.82) is 0 Å². The van der Waals surface area contributed by atoms with Crippen LogP contribution in [-0.4, -0.2) is 11.1 Å². The number of fused-ring (bicyclic) bond motifs is 1. The third-order valence-corrected chi connectivity index (χ3v) is 4.32. The highest BCUT2D eigenvalue weighted by molar-refractivity contribution is 6.41. The number of hydrogen-bond donors (Lipinski definition) is 3. The Morgan fingerprint density at radius 3 is 2.37 bits per heavy atom. The van der Waals surface area contributed by atoms with Gasteiger partial charge in [-0.25, -0.2) is 4.79 Å². The number of carbonyl (C=O) groups excluding carboxylic acids is 1. The number of hydrogen-bond acceptors (Lipinski definition) is 2. The molecule has 0 radical (unpaired) electrons. The summed E-state index contributed by atoms with van der Waals surface area (Å²) in [5.41, 5.74) is -0.767. The Kier molecular flexibility index (Phi) is 5.08. The fourth-order valence-electron chi connectivity index (χ4n) is 2.51. The van der Waals surface area contributed by atoms with E-state index >= 15 is 0 Å². The molecule has 3 aromatic rings. The third kappa shape index (κ3) is 4.20. The van der Waals surface area contributed by atoms with E-state index in [1.807, 2.05) is 0 Å². The number of urea groups is 1. The monoisotopic (exact) mass is 414 g/mol. The SMILES string of the molecule is O=C(Nc1cccc(C(F)(F)F)c1)Nc1c(Cl)cc(Cl)c2ccc(O)cc12. The molecule has 0 aliphatic rings. The molecule has 4 nitrogen and oxygen atoms in total. The normalized spacial score (nSPS) is 11.4. The molecule has 0 aromatic heterocycles. The molecule has 0 aliphatic carbocycles. The molecule has 0 saturated heterocycles. The molecule has 140 valence electrons. The number of alkyl halides is 3. The number of carbonyl (C=O) groups is 1. The van der Waals surface area contributed by atoms with Crippen molar-refractivity contribution in [2.45, 2.75) is 6.18 Å². The molecule has 0 unspecified atom stereocenters. The predicted octanol–water partition coefficient (Wildman–Crippen LogP) is 6.52. The van der Waals surface area contributed by atoms with Crippen molar-refractivity contribution in [2.24, 2.45) is 0 Å². The van der Waals surface area contributed by atoms with E-state index in [-0.39, 0.29) is 22.1 Å². The second-order valence-electron chi connectivity index (χ2n) is 5.60. The van der Waals surface area contributed by atoms with Gasteiger partial charge in [-0.1, -0.05) is 29.3 Å². The third-order valence-electron chi connectivity index (χ3n) is 3.71. The number of rotatable bonds is 2. The Labute approximate surface area is 161 Å². The van der Waals surface area contributed by atoms with E-state index in [0.717, 1.165) is 12.1 Å². The molecule has 3 rings (SSSR count). The summed E-state index contributed by atoms with van der Waals surface area (Å²) in [6, 6.07) is 9.18. The van der Waals surface area contributed by atoms with Crippen LogP contribution in [0, 0.1) is 0 Å². The zero-order valence-electron chi connectivity index (χ0n) is 13.4. The molecule has 0 aliphatic heterocycles. The van der Waals surface area contributed by atoms with Crippen LogP contribution in [0.2, 0.25) is 10.0 Å². The summed E-state index contributed by atoms with van der Waals surface area (Å²) in [5.74, 6) is -0.0674. The number of halogens is 5. The molecule has 0 saturated carbocycles. The quantitative estimate of drug-likeness (QED) is 0.447. The van der Waals surface area contributed by atoms with E-state index in [1.54, 1.807) is 6.07 Å². The second-order valence-corrected chi connectivity index (χ2v) is 6.42. The molecule has 2 amide bonds. The number of phenolic OH excluding ortho intramolecular Hbond substituents is 1. The van der Waals surface area contributed by atoms with Crippen LogP contribution in [0.15, 0.2) is 48.5 Å². The van der Waals surface area contributed by atoms with Gasteiger partial charge in [0.1, 0.15) is 5.75 Å². The van der Waals surface area contributed by atoms with Gasteiger partial charge in [-0.3, -0.25) is 0 Å². The molecule has 0 bridgehead atoms. The van der Waals surface area contributed by atoms with Crippen LogP contribution in [0.5, 0.6) is 5.75 Å². The van der Waals surface area contributed by atoms with Crippen molar-refractivity contribution in [3.8, 4) is 5.75 Å². The lowest BCUT2D eigenvalue weighted by atomic mass is 10.1. The average Bonchev–Trinajstić information content (AvgIpc) is 2.58. The van der Waals surface area contributed by atoms with Gasteiger partial charge >= 0.3 is 12.2 Å². The van der Waals surface area contributed by atoms with Crippen molar-refractivity contribution < 1.29 is 23.1 Å². The maximum absolute atomic E-state index is 12.8. The minimum absolute atomic E-state index is 0.0421. The summed E-state index contributed by atoms with van der Waals surface area (Å²) in [6.45, 7) is 0. The predicted molar refractivity (Wildman–Crippen MR) is 99.7 cm³/mol. The van der Waals surface area contributed by atoms with Crippen LogP contribution >= 0.6 is 23.2 Å². The lowest BCUT2D eigenvalue weighted by molar-refractivity contribution is -0.137. The lowest BCUT2D eigenvalue weighted by Gasteiger charge is -2.14. The van der Waals surface area contributed by atoms with Gasteiger partial charge in [0.2, 0.25) is 0 Å². The van der Waals surface area contributed by atoms with Crippen molar-refractivity contribution in [3.05, 3.63) is 64.1 Å². The molecular formula is C18H11Cl2F3N2O2. The fourth-order valence-corrected chi connectivity index (χ4v) is 3.10. The average molecular weight is 415 g/mol. The van der Waals surface area contributed by atoms with Crippen LogP contribution in [0.4, 0.5) is 29.3 Å². The van der Waals surface area contributed by atoms with E-state index in [0.29, 0.717) is 15.8 Å². The van der Waals surface area contributed by atoms with Gasteiger partial charge in [0.05, 0.1) is 21.3 Å². The van der Waals surface area contributed by atoms with E-state index in [1.165, 1.54) is 30.3 Å². The summed E-state index contributed by atoms with van der Waals surface area (Å²) >= 11 is 12.2. The number of benzene rings is 3. The first-order chi connectivity index (χ1) is 12.6. The molecule has 3 aromatic carbocycles. The molecular weight excluding hydrogens is 404 g/mol. The van der Waals surface area contributed by atoms with Gasteiger partial charge in [0.25, 0.3) is 0 Å². The van der Waals surface area contributed by atoms with Crippen molar-refractivity contribution in [3.63, 3.8) is 0 Å². The maximum Gasteiger partial charge on any atom is 0.416 e. The van der Waals surface area contributed by atoms with Crippen molar-refractivity contribution in [1.82, 2.24) is 0 Å². The molecule has 0 fully saturated rings. The van der Waals surface area contributed by atoms with Gasteiger partial charge < -0.3 is 15.7 Å². The molecule has 3 N–H and O–H groups in total. The number of amides is 2. The number of aromatic hydroxyl groups is 1. The Hall–Kier alpha value is -2.64. The summed E-state index contributed by atoms with van der Waals surface area (Å²) in [7, 11) is 0. The molecule has 27 heavy (non-hydrogen) atoms. The highest BCUT2D eigenvalue weighted by Crippen LogP contribution is 2.38. The Balaban J connectivity index is 1.90. The minimum atomic E-state index is -4.53. The minimum Gasteiger partial charge on any atom is -0.508 e. The van der Waals surface area contributed by atoms with Crippen LogP contribution in [0.25, 0.3) is 10.8 Å². The maximum atomic E-state index is 12.8. The molecule has 0 spiro atoms. The van der Waals surface area contributed by atoms with Crippen LogP contribution in [-0.2, 0) is 6.18 Å². The Bertz CT molecular complexity index is 1040. The van der Waals surface area contributed by atoms with E-state index < -0.39 is 17.8 Å². The highest BCUT2D eigenvalue weighted by Gasteiger charge is 2.30. The summed E-state index contributed by atoms with van der Waals surface area (Å²) < 4.78 is 38.3. The summed E-state index contributed by atoms with van der Waals surface area (Å²) in [6.07, 6.45) is -4.53. The zero-order valence-corrected chi connectivity index (χ0v) is 14.9. The number of phenols is 1. The topological polar surface area (TPSA) is 61.4 Å². The van der Waals surface area contributed by atoms with E-state index in [9.17, 15) is 23.1 Å². The van der Waals surface area contributed by atoms with E-state index in [4.69, 9.17) is 23.2 Å². The van der Waals surface area contributed by atoms with Gasteiger partial charge in [0.15, 0.2) is 0 Å². The fraction of sp³-hybridized carbons (Fsp3) is 0.0556. The molecule has 0 heterocycles. The largest absolute Gasteiger partial charge is 0.508 e. The number of nitrogens with one attached hydrogen (secondary N) is 2. The molecule has 9 heteroatoms. The first-order valence-electron chi connectivity index (χ1n) is 7.51. The van der Waals surface area contributed by atoms with Crippen molar-refractivity contribution in [2.75, 3.05) is 10.6 Å². The highest BCUT2D eigenvalue weighted by atomic mass is 35.5.